The molecule has 1 N–H and O–H groups in total. The maximum atomic E-state index is 12.8. The third-order valence-corrected chi connectivity index (χ3v) is 5.03. The standard InChI is InChI=1S/C18H24N6O/c25-18(20-11-17-22-21-13-24(17)15-6-7-15)16-5-1-2-9-23(16)12-14-4-3-8-19-10-14/h3-4,8,10,13,15-16H,1-2,5-7,9,11-12H2,(H,20,25)/t16-/m1/s1. The molecule has 2 aliphatic rings. The number of nitrogens with one attached hydrogen (secondary N) is 1. The Labute approximate surface area is 147 Å². The minimum Gasteiger partial charge on any atom is -0.347 e. The van der Waals surface area contributed by atoms with Gasteiger partial charge in [0, 0.05) is 25.0 Å². The summed E-state index contributed by atoms with van der Waals surface area (Å²) in [5, 5.41) is 11.2. The molecule has 0 bridgehead atoms. The lowest BCUT2D eigenvalue weighted by Crippen LogP contribution is -2.49. The molecule has 2 aromatic rings. The molecule has 0 spiro atoms. The molecule has 1 saturated heterocycles. The molecule has 7 nitrogen and oxygen atoms in total. The number of likely N-dealkylation sites (tertiary alicyclic amines) is 1. The van der Waals surface area contributed by atoms with Crippen molar-refractivity contribution in [2.75, 3.05) is 6.54 Å². The van der Waals surface area contributed by atoms with Crippen molar-refractivity contribution in [2.24, 2.45) is 0 Å². The second kappa shape index (κ2) is 7.31. The molecule has 1 atom stereocenters. The maximum Gasteiger partial charge on any atom is 0.237 e. The molecule has 0 radical (unpaired) electrons. The van der Waals surface area contributed by atoms with Gasteiger partial charge in [0.25, 0.3) is 0 Å². The van der Waals surface area contributed by atoms with E-state index in [2.05, 4.69) is 36.0 Å². The number of aromatic nitrogens is 4. The number of pyridine rings is 1. The number of carbonyl (C=O) groups excluding carboxylic acids is 1. The summed E-state index contributed by atoms with van der Waals surface area (Å²) in [5.74, 6) is 0.944. The maximum absolute atomic E-state index is 12.8. The van der Waals surface area contributed by atoms with Gasteiger partial charge in [-0.05, 0) is 43.9 Å². The first-order chi connectivity index (χ1) is 12.3. The van der Waals surface area contributed by atoms with Crippen LogP contribution in [-0.2, 0) is 17.9 Å². The van der Waals surface area contributed by atoms with Crippen LogP contribution in [0.5, 0.6) is 0 Å². The molecule has 3 heterocycles. The lowest BCUT2D eigenvalue weighted by molar-refractivity contribution is -0.128. The molecular formula is C18H24N6O. The number of carbonyl (C=O) groups is 1. The largest absolute Gasteiger partial charge is 0.347 e. The van der Waals surface area contributed by atoms with Gasteiger partial charge in [0.15, 0.2) is 5.82 Å². The molecule has 1 amide bonds. The van der Waals surface area contributed by atoms with Crippen molar-refractivity contribution in [3.8, 4) is 0 Å². The van der Waals surface area contributed by atoms with E-state index in [0.717, 1.165) is 43.7 Å². The average molecular weight is 340 g/mol. The SMILES string of the molecule is O=C(NCc1nncn1C1CC1)[C@H]1CCCCN1Cc1cccnc1. The van der Waals surface area contributed by atoms with E-state index in [1.54, 1.807) is 12.5 Å². The predicted octanol–water partition coefficient (Wildman–Crippen LogP) is 1.68. The Hall–Kier alpha value is -2.28. The van der Waals surface area contributed by atoms with Crippen molar-refractivity contribution in [2.45, 2.75) is 57.3 Å². The molecule has 25 heavy (non-hydrogen) atoms. The van der Waals surface area contributed by atoms with Crippen LogP contribution < -0.4 is 5.32 Å². The highest BCUT2D eigenvalue weighted by molar-refractivity contribution is 5.81. The zero-order valence-electron chi connectivity index (χ0n) is 14.3. The van der Waals surface area contributed by atoms with Gasteiger partial charge in [-0.3, -0.25) is 14.7 Å². The molecule has 4 rings (SSSR count). The van der Waals surface area contributed by atoms with Gasteiger partial charge in [0.2, 0.25) is 5.91 Å². The quantitative estimate of drug-likeness (QED) is 0.866. The third-order valence-electron chi connectivity index (χ3n) is 5.03. The number of hydrogen-bond acceptors (Lipinski definition) is 5. The van der Waals surface area contributed by atoms with Crippen molar-refractivity contribution < 1.29 is 4.79 Å². The lowest BCUT2D eigenvalue weighted by Gasteiger charge is -2.34. The van der Waals surface area contributed by atoms with Crippen LogP contribution >= 0.6 is 0 Å². The summed E-state index contributed by atoms with van der Waals surface area (Å²) in [6.07, 6.45) is 10.9. The van der Waals surface area contributed by atoms with E-state index in [9.17, 15) is 4.79 Å². The van der Waals surface area contributed by atoms with Crippen LogP contribution in [0.3, 0.4) is 0 Å². The van der Waals surface area contributed by atoms with Gasteiger partial charge < -0.3 is 9.88 Å². The van der Waals surface area contributed by atoms with Crippen molar-refractivity contribution in [3.63, 3.8) is 0 Å². The predicted molar refractivity (Wildman–Crippen MR) is 92.4 cm³/mol. The van der Waals surface area contributed by atoms with Gasteiger partial charge in [-0.25, -0.2) is 0 Å². The minimum atomic E-state index is -0.0775. The number of piperidine rings is 1. The van der Waals surface area contributed by atoms with Gasteiger partial charge >= 0.3 is 0 Å². The van der Waals surface area contributed by atoms with Crippen LogP contribution in [0.15, 0.2) is 30.9 Å². The van der Waals surface area contributed by atoms with Crippen molar-refractivity contribution in [1.29, 1.82) is 0 Å². The molecule has 0 unspecified atom stereocenters. The van der Waals surface area contributed by atoms with E-state index in [-0.39, 0.29) is 11.9 Å². The van der Waals surface area contributed by atoms with Crippen molar-refractivity contribution in [1.82, 2.24) is 30.0 Å². The van der Waals surface area contributed by atoms with Crippen LogP contribution in [-0.4, -0.2) is 43.1 Å². The summed E-state index contributed by atoms with van der Waals surface area (Å²) >= 11 is 0. The van der Waals surface area contributed by atoms with Gasteiger partial charge in [-0.1, -0.05) is 12.5 Å². The molecule has 2 fully saturated rings. The molecule has 0 aromatic carbocycles. The Morgan fingerprint density at radius 1 is 1.28 bits per heavy atom. The Kier molecular flexibility index (Phi) is 4.74. The molecular weight excluding hydrogens is 316 g/mol. The summed E-state index contributed by atoms with van der Waals surface area (Å²) in [6, 6.07) is 4.46. The normalized spacial score (nSPS) is 21.2. The van der Waals surface area contributed by atoms with Crippen LogP contribution in [0.4, 0.5) is 0 Å². The average Bonchev–Trinajstić information content (AvgIpc) is 3.39. The van der Waals surface area contributed by atoms with Crippen LogP contribution in [0, 0.1) is 0 Å². The fourth-order valence-corrected chi connectivity index (χ4v) is 3.54. The van der Waals surface area contributed by atoms with Gasteiger partial charge in [-0.2, -0.15) is 0 Å². The number of hydrogen-bond donors (Lipinski definition) is 1. The van der Waals surface area contributed by atoms with Crippen molar-refractivity contribution in [3.05, 3.63) is 42.2 Å². The number of rotatable bonds is 6. The van der Waals surface area contributed by atoms with Gasteiger partial charge in [0.1, 0.15) is 6.33 Å². The second-order valence-electron chi connectivity index (χ2n) is 6.95. The number of nitrogens with zero attached hydrogens (tertiary/aromatic N) is 5. The van der Waals surface area contributed by atoms with E-state index < -0.39 is 0 Å². The Bertz CT molecular complexity index is 711. The fourth-order valence-electron chi connectivity index (χ4n) is 3.54. The molecule has 132 valence electrons. The van der Waals surface area contributed by atoms with Crippen molar-refractivity contribution >= 4 is 5.91 Å². The molecule has 7 heteroatoms. The summed E-state index contributed by atoms with van der Waals surface area (Å²) < 4.78 is 2.09. The van der Waals surface area contributed by atoms with Gasteiger partial charge in [-0.15, -0.1) is 10.2 Å². The summed E-state index contributed by atoms with van der Waals surface area (Å²) in [6.45, 7) is 2.17. The van der Waals surface area contributed by atoms with E-state index in [1.165, 1.54) is 12.8 Å². The molecule has 1 aliphatic carbocycles. The van der Waals surface area contributed by atoms with Crippen LogP contribution in [0.1, 0.15) is 49.5 Å². The van der Waals surface area contributed by atoms with E-state index in [1.807, 2.05) is 12.3 Å². The highest BCUT2D eigenvalue weighted by Crippen LogP contribution is 2.35. The topological polar surface area (TPSA) is 75.9 Å². The van der Waals surface area contributed by atoms with E-state index >= 15 is 0 Å². The van der Waals surface area contributed by atoms with Gasteiger partial charge in [0.05, 0.1) is 12.6 Å². The second-order valence-corrected chi connectivity index (χ2v) is 6.95. The van der Waals surface area contributed by atoms with E-state index in [0.29, 0.717) is 12.6 Å². The fraction of sp³-hybridized carbons (Fsp3) is 0.556. The molecule has 2 aromatic heterocycles. The van der Waals surface area contributed by atoms with Crippen LogP contribution in [0.25, 0.3) is 0 Å². The first-order valence-electron chi connectivity index (χ1n) is 9.10. The Morgan fingerprint density at radius 2 is 2.20 bits per heavy atom. The first-order valence-corrected chi connectivity index (χ1v) is 9.10. The lowest BCUT2D eigenvalue weighted by atomic mass is 10.0. The smallest absolute Gasteiger partial charge is 0.237 e. The first kappa shape index (κ1) is 16.2. The zero-order valence-corrected chi connectivity index (χ0v) is 14.3. The minimum absolute atomic E-state index is 0.0775. The third kappa shape index (κ3) is 3.87. The monoisotopic (exact) mass is 340 g/mol. The summed E-state index contributed by atoms with van der Waals surface area (Å²) in [7, 11) is 0. The number of amides is 1. The highest BCUT2D eigenvalue weighted by Gasteiger charge is 2.30. The summed E-state index contributed by atoms with van der Waals surface area (Å²) in [4.78, 5) is 19.2. The summed E-state index contributed by atoms with van der Waals surface area (Å²) in [5.41, 5.74) is 1.15. The van der Waals surface area contributed by atoms with E-state index in [4.69, 9.17) is 0 Å². The zero-order chi connectivity index (χ0) is 17.1. The molecule has 1 aliphatic heterocycles. The Morgan fingerprint density at radius 3 is 3.00 bits per heavy atom. The van der Waals surface area contributed by atoms with Crippen LogP contribution in [0.2, 0.25) is 0 Å². The Balaban J connectivity index is 1.37. The molecule has 1 saturated carbocycles. The highest BCUT2D eigenvalue weighted by atomic mass is 16.2.